The van der Waals surface area contributed by atoms with E-state index in [1.807, 2.05) is 10.8 Å². The van der Waals surface area contributed by atoms with Gasteiger partial charge in [-0.1, -0.05) is 32.4 Å². The molecule has 6 nitrogen and oxygen atoms in total. The van der Waals surface area contributed by atoms with Crippen molar-refractivity contribution in [2.24, 2.45) is 52.3 Å². The number of hydrogen-bond acceptors (Lipinski definition) is 5. The number of amides is 1. The minimum Gasteiger partial charge on any atom is -0.406 e. The van der Waals surface area contributed by atoms with Crippen LogP contribution in [-0.4, -0.2) is 26.5 Å². The summed E-state index contributed by atoms with van der Waals surface area (Å²) in [5.41, 5.74) is 1.71. The van der Waals surface area contributed by atoms with Crippen LogP contribution in [-0.2, 0) is 19.6 Å². The average molecular weight is 606 g/mol. The number of carbonyl (C=O) groups excluding carboxylic acids is 2. The number of hydrogen-bond donors (Lipinski definition) is 1. The fourth-order valence-corrected chi connectivity index (χ4v) is 10.7. The molecule has 0 radical (unpaired) electrons. The van der Waals surface area contributed by atoms with Gasteiger partial charge in [-0.2, -0.15) is 0 Å². The third kappa shape index (κ3) is 5.01. The van der Waals surface area contributed by atoms with E-state index in [4.69, 9.17) is 0 Å². The molecule has 0 heterocycles. The van der Waals surface area contributed by atoms with E-state index >= 15 is 0 Å². The lowest BCUT2D eigenvalue weighted by atomic mass is 9.46. The van der Waals surface area contributed by atoms with E-state index in [1.54, 1.807) is 6.08 Å². The summed E-state index contributed by atoms with van der Waals surface area (Å²) in [6.45, 7) is 6.93. The number of nitrogens with one attached hydrogen (secondary N) is 1. The zero-order valence-electron chi connectivity index (χ0n) is 24.1. The van der Waals surface area contributed by atoms with Gasteiger partial charge in [0.1, 0.15) is 5.75 Å². The SMILES string of the molecule is C[C@H](/C=C/C(=O)NS(=O)(=O)c1ccc(OC(F)(F)F)cc1)C1CCC2C3C(CC[C@@]21C)[C@@]1(C)CCC(=O)C=C1[C@H]1C[C@@H]31. The first-order valence-corrected chi connectivity index (χ1v) is 16.5. The van der Waals surface area contributed by atoms with Crippen molar-refractivity contribution in [3.8, 4) is 5.75 Å². The van der Waals surface area contributed by atoms with Gasteiger partial charge in [0.15, 0.2) is 5.78 Å². The Hall–Kier alpha value is -2.62. The molecule has 1 amide bonds. The van der Waals surface area contributed by atoms with E-state index < -0.39 is 28.0 Å². The fraction of sp³-hybridized carbons (Fsp3) is 0.625. The molecule has 1 aromatic carbocycles. The molecule has 1 aromatic rings. The van der Waals surface area contributed by atoms with Crippen LogP contribution in [0.2, 0.25) is 0 Å². The lowest BCUT2D eigenvalue weighted by Gasteiger charge is -2.58. The molecule has 0 bridgehead atoms. The van der Waals surface area contributed by atoms with Crippen LogP contribution >= 0.6 is 0 Å². The standard InChI is InChI=1S/C32H38F3NO5S/c1-18(4-11-28(38)36-42(39,40)21-7-5-20(6-8-21)41-32(33,34)35)24-9-10-25-29-23-17-22(23)27-16-19(37)12-14-31(27,3)26(29)13-15-30(24,25)2/h4-8,11,16,18,22-26,29H,9-10,12-15,17H2,1-3H3,(H,36,38)/b11-4+/t18-,22+,23-,24?,25?,26?,29?,30-,31-/m1/s1. The minimum atomic E-state index is -4.89. The fourth-order valence-electron chi connectivity index (χ4n) is 9.72. The van der Waals surface area contributed by atoms with Crippen LogP contribution in [0.1, 0.15) is 65.7 Å². The predicted molar refractivity (Wildman–Crippen MR) is 149 cm³/mol. The summed E-state index contributed by atoms with van der Waals surface area (Å²) in [6, 6.07) is 3.69. The van der Waals surface area contributed by atoms with E-state index in [0.717, 1.165) is 56.4 Å². The number of fused-ring (bicyclic) bond motifs is 8. The first-order valence-electron chi connectivity index (χ1n) is 15.0. The number of allylic oxidation sites excluding steroid dienone is 2. The predicted octanol–water partition coefficient (Wildman–Crippen LogP) is 6.59. The number of ether oxygens (including phenoxy) is 1. The maximum absolute atomic E-state index is 12.6. The zero-order valence-corrected chi connectivity index (χ0v) is 24.9. The second-order valence-electron chi connectivity index (χ2n) is 13.7. The van der Waals surface area contributed by atoms with E-state index in [0.29, 0.717) is 47.7 Å². The number of sulfonamides is 1. The van der Waals surface area contributed by atoms with E-state index in [9.17, 15) is 31.2 Å². The topological polar surface area (TPSA) is 89.5 Å². The molecule has 5 aliphatic carbocycles. The van der Waals surface area contributed by atoms with Gasteiger partial charge in [-0.3, -0.25) is 9.59 Å². The highest BCUT2D eigenvalue weighted by atomic mass is 32.2. The maximum atomic E-state index is 12.6. The van der Waals surface area contributed by atoms with Crippen molar-refractivity contribution in [1.82, 2.24) is 4.72 Å². The van der Waals surface area contributed by atoms with E-state index in [2.05, 4.69) is 25.5 Å². The summed E-state index contributed by atoms with van der Waals surface area (Å²) in [4.78, 5) is 24.5. The molecule has 10 heteroatoms. The number of rotatable bonds is 6. The molecule has 4 fully saturated rings. The molecule has 4 saturated carbocycles. The minimum absolute atomic E-state index is 0.0701. The van der Waals surface area contributed by atoms with Gasteiger partial charge in [0.2, 0.25) is 0 Å². The average Bonchev–Trinajstić information content (AvgIpc) is 3.61. The Balaban J connectivity index is 1.11. The van der Waals surface area contributed by atoms with Gasteiger partial charge in [0.25, 0.3) is 15.9 Å². The Morgan fingerprint density at radius 3 is 2.50 bits per heavy atom. The number of carbonyl (C=O) groups is 2. The second kappa shape index (κ2) is 9.96. The van der Waals surface area contributed by atoms with E-state index in [-0.39, 0.29) is 21.6 Å². The largest absolute Gasteiger partial charge is 0.573 e. The van der Waals surface area contributed by atoms with Gasteiger partial charge in [0.05, 0.1) is 4.90 Å². The zero-order chi connectivity index (χ0) is 30.2. The number of alkyl halides is 3. The summed E-state index contributed by atoms with van der Waals surface area (Å²) in [6.07, 6.45) is 7.49. The third-order valence-corrected chi connectivity index (χ3v) is 13.0. The molecule has 0 aliphatic heterocycles. The molecule has 4 unspecified atom stereocenters. The Morgan fingerprint density at radius 1 is 1.10 bits per heavy atom. The van der Waals surface area contributed by atoms with Crippen molar-refractivity contribution in [2.75, 3.05) is 0 Å². The molecule has 0 aromatic heterocycles. The van der Waals surface area contributed by atoms with E-state index in [1.165, 1.54) is 18.1 Å². The highest BCUT2D eigenvalue weighted by Crippen LogP contribution is 2.74. The molecule has 9 atom stereocenters. The summed E-state index contributed by atoms with van der Waals surface area (Å²) in [7, 11) is -4.27. The van der Waals surface area contributed by atoms with Crippen molar-refractivity contribution in [2.45, 2.75) is 77.0 Å². The van der Waals surface area contributed by atoms with Gasteiger partial charge in [-0.15, -0.1) is 13.2 Å². The van der Waals surface area contributed by atoms with Crippen LogP contribution in [0.15, 0.2) is 53.0 Å². The maximum Gasteiger partial charge on any atom is 0.573 e. The highest BCUT2D eigenvalue weighted by molar-refractivity contribution is 7.90. The monoisotopic (exact) mass is 605 g/mol. The number of benzene rings is 1. The molecule has 228 valence electrons. The van der Waals surface area contributed by atoms with Gasteiger partial charge < -0.3 is 4.74 Å². The van der Waals surface area contributed by atoms with Crippen molar-refractivity contribution in [3.63, 3.8) is 0 Å². The number of ketones is 1. The first-order chi connectivity index (χ1) is 19.6. The van der Waals surface area contributed by atoms with Crippen molar-refractivity contribution in [3.05, 3.63) is 48.1 Å². The second-order valence-corrected chi connectivity index (χ2v) is 15.4. The Kier molecular flexibility index (Phi) is 6.98. The van der Waals surface area contributed by atoms with Crippen molar-refractivity contribution < 1.29 is 35.9 Å². The van der Waals surface area contributed by atoms with Crippen LogP contribution in [0.3, 0.4) is 0 Å². The summed E-state index contributed by atoms with van der Waals surface area (Å²) in [5, 5.41) is 0. The molecule has 1 N–H and O–H groups in total. The molecule has 0 saturated heterocycles. The van der Waals surface area contributed by atoms with Crippen LogP contribution in [0.5, 0.6) is 5.75 Å². The summed E-state index contributed by atoms with van der Waals surface area (Å²) in [5.74, 6) is 2.54. The third-order valence-electron chi connectivity index (χ3n) is 11.6. The van der Waals surface area contributed by atoms with Gasteiger partial charge in [-0.05, 0) is 121 Å². The normalized spacial score (nSPS) is 38.0. The molecule has 42 heavy (non-hydrogen) atoms. The molecule has 5 aliphatic rings. The summed E-state index contributed by atoms with van der Waals surface area (Å²) >= 11 is 0. The molecular weight excluding hydrogens is 567 g/mol. The first kappa shape index (κ1) is 29.5. The Morgan fingerprint density at radius 2 is 1.81 bits per heavy atom. The summed E-state index contributed by atoms with van der Waals surface area (Å²) < 4.78 is 68.2. The van der Waals surface area contributed by atoms with Crippen LogP contribution in [0.4, 0.5) is 13.2 Å². The molecular formula is C32H38F3NO5S. The lowest BCUT2D eigenvalue weighted by molar-refractivity contribution is -0.274. The van der Waals surface area contributed by atoms with Gasteiger partial charge in [-0.25, -0.2) is 13.1 Å². The highest BCUT2D eigenvalue weighted by Gasteiger charge is 2.67. The quantitative estimate of drug-likeness (QED) is 0.370. The smallest absolute Gasteiger partial charge is 0.406 e. The van der Waals surface area contributed by atoms with Gasteiger partial charge >= 0.3 is 6.36 Å². The van der Waals surface area contributed by atoms with Crippen molar-refractivity contribution in [1.29, 1.82) is 0 Å². The molecule has 0 spiro atoms. The van der Waals surface area contributed by atoms with Crippen molar-refractivity contribution >= 4 is 21.7 Å². The Labute approximate surface area is 245 Å². The van der Waals surface area contributed by atoms with Crippen LogP contribution in [0, 0.1) is 52.3 Å². The number of halogens is 3. The molecule has 6 rings (SSSR count). The lowest BCUT2D eigenvalue weighted by Crippen LogP contribution is -2.52. The van der Waals surface area contributed by atoms with Crippen LogP contribution < -0.4 is 9.46 Å². The van der Waals surface area contributed by atoms with Gasteiger partial charge in [0, 0.05) is 12.5 Å². The van der Waals surface area contributed by atoms with Crippen LogP contribution in [0.25, 0.3) is 0 Å². The Bertz CT molecular complexity index is 1450.